The molecule has 0 aromatic heterocycles. The molecule has 4 unspecified atom stereocenters. The standard InChI is InChI=1S/C18H24N4O2/c1-10-4-5-12(9-19)17(24-3)16(10)18(23)20-13-6-7-15-14(8-13)11(2)21-22-15/h4-5,11,13-15,21-22H,6-8H2,1-3H3,(H,20,23). The smallest absolute Gasteiger partial charge is 0.255 e. The third-order valence-corrected chi connectivity index (χ3v) is 5.29. The van der Waals surface area contributed by atoms with Crippen LogP contribution >= 0.6 is 0 Å². The van der Waals surface area contributed by atoms with Crippen LogP contribution in [0.5, 0.6) is 5.75 Å². The third-order valence-electron chi connectivity index (χ3n) is 5.29. The Morgan fingerprint density at radius 3 is 2.88 bits per heavy atom. The van der Waals surface area contributed by atoms with E-state index in [0.29, 0.717) is 34.9 Å². The van der Waals surface area contributed by atoms with E-state index in [-0.39, 0.29) is 11.9 Å². The summed E-state index contributed by atoms with van der Waals surface area (Å²) in [6, 6.07) is 6.62. The van der Waals surface area contributed by atoms with E-state index in [2.05, 4.69) is 29.2 Å². The molecule has 1 aromatic carbocycles. The van der Waals surface area contributed by atoms with Crippen molar-refractivity contribution in [2.75, 3.05) is 7.11 Å². The van der Waals surface area contributed by atoms with Crippen LogP contribution in [0.25, 0.3) is 0 Å². The average Bonchev–Trinajstić information content (AvgIpc) is 2.95. The maximum Gasteiger partial charge on any atom is 0.255 e. The van der Waals surface area contributed by atoms with Crippen molar-refractivity contribution < 1.29 is 9.53 Å². The molecule has 128 valence electrons. The lowest BCUT2D eigenvalue weighted by Gasteiger charge is -2.33. The molecular weight excluding hydrogens is 304 g/mol. The summed E-state index contributed by atoms with van der Waals surface area (Å²) in [5, 5.41) is 12.4. The number of nitrogens with one attached hydrogen (secondary N) is 3. The molecule has 1 heterocycles. The molecule has 0 spiro atoms. The number of aryl methyl sites for hydroxylation is 1. The largest absolute Gasteiger partial charge is 0.495 e. The lowest BCUT2D eigenvalue weighted by Crippen LogP contribution is -2.44. The Labute approximate surface area is 142 Å². The number of nitrogens with zero attached hydrogens (tertiary/aromatic N) is 1. The Kier molecular flexibility index (Phi) is 4.74. The molecule has 6 nitrogen and oxygen atoms in total. The SMILES string of the molecule is COc1c(C#N)ccc(C)c1C(=O)NC1CCC2NNC(C)C2C1. The predicted molar refractivity (Wildman–Crippen MR) is 90.6 cm³/mol. The van der Waals surface area contributed by atoms with Crippen molar-refractivity contribution in [3.8, 4) is 11.8 Å². The van der Waals surface area contributed by atoms with Crippen molar-refractivity contribution in [1.82, 2.24) is 16.2 Å². The number of benzene rings is 1. The Bertz CT molecular complexity index is 682. The van der Waals surface area contributed by atoms with Gasteiger partial charge >= 0.3 is 0 Å². The number of rotatable bonds is 3. The van der Waals surface area contributed by atoms with E-state index in [4.69, 9.17) is 4.74 Å². The van der Waals surface area contributed by atoms with Crippen LogP contribution in [0, 0.1) is 24.2 Å². The van der Waals surface area contributed by atoms with Crippen molar-refractivity contribution in [1.29, 1.82) is 5.26 Å². The number of fused-ring (bicyclic) bond motifs is 1. The molecule has 6 heteroatoms. The van der Waals surface area contributed by atoms with Crippen LogP contribution < -0.4 is 20.9 Å². The average molecular weight is 328 g/mol. The first-order valence-corrected chi connectivity index (χ1v) is 8.44. The monoisotopic (exact) mass is 328 g/mol. The van der Waals surface area contributed by atoms with Gasteiger partial charge in [-0.15, -0.1) is 0 Å². The topological polar surface area (TPSA) is 86.2 Å². The summed E-state index contributed by atoms with van der Waals surface area (Å²) in [5.74, 6) is 0.732. The van der Waals surface area contributed by atoms with Gasteiger partial charge in [0, 0.05) is 18.1 Å². The predicted octanol–water partition coefficient (Wildman–Crippen LogP) is 1.64. The van der Waals surface area contributed by atoms with Crippen molar-refractivity contribution in [3.63, 3.8) is 0 Å². The van der Waals surface area contributed by atoms with Crippen molar-refractivity contribution >= 4 is 5.91 Å². The molecule has 4 atom stereocenters. The molecule has 1 amide bonds. The van der Waals surface area contributed by atoms with Gasteiger partial charge in [0.1, 0.15) is 11.8 Å². The van der Waals surface area contributed by atoms with Gasteiger partial charge in [0.15, 0.2) is 0 Å². The number of hydrazine groups is 1. The minimum absolute atomic E-state index is 0.151. The number of amides is 1. The first-order chi connectivity index (χ1) is 11.5. The minimum Gasteiger partial charge on any atom is -0.495 e. The van der Waals surface area contributed by atoms with E-state index in [0.717, 1.165) is 24.8 Å². The highest BCUT2D eigenvalue weighted by Gasteiger charge is 2.38. The number of nitriles is 1. The summed E-state index contributed by atoms with van der Waals surface area (Å²) in [6.45, 7) is 4.04. The van der Waals surface area contributed by atoms with Crippen LogP contribution in [0.3, 0.4) is 0 Å². The second kappa shape index (κ2) is 6.80. The molecule has 3 N–H and O–H groups in total. The number of hydrogen-bond acceptors (Lipinski definition) is 5. The molecule has 1 saturated heterocycles. The van der Waals surface area contributed by atoms with Crippen LogP contribution in [-0.2, 0) is 0 Å². The molecule has 2 aliphatic rings. The van der Waals surface area contributed by atoms with Crippen molar-refractivity contribution in [2.24, 2.45) is 5.92 Å². The van der Waals surface area contributed by atoms with Gasteiger partial charge in [-0.3, -0.25) is 15.6 Å². The zero-order valence-corrected chi connectivity index (χ0v) is 14.3. The molecule has 0 radical (unpaired) electrons. The third kappa shape index (κ3) is 2.97. The fourth-order valence-corrected chi connectivity index (χ4v) is 3.93. The molecule has 2 fully saturated rings. The Balaban J connectivity index is 1.77. The Hall–Kier alpha value is -2.10. The number of ether oxygens (including phenoxy) is 1. The van der Waals surface area contributed by atoms with Crippen molar-refractivity contribution in [3.05, 3.63) is 28.8 Å². The highest BCUT2D eigenvalue weighted by atomic mass is 16.5. The van der Waals surface area contributed by atoms with E-state index in [1.807, 2.05) is 6.92 Å². The molecule has 0 bridgehead atoms. The lowest BCUT2D eigenvalue weighted by molar-refractivity contribution is 0.0912. The van der Waals surface area contributed by atoms with Crippen LogP contribution in [0.15, 0.2) is 12.1 Å². The molecule has 3 rings (SSSR count). The number of methoxy groups -OCH3 is 1. The van der Waals surface area contributed by atoms with Crippen LogP contribution in [0.1, 0.15) is 47.7 Å². The summed E-state index contributed by atoms with van der Waals surface area (Å²) in [5.41, 5.74) is 8.29. The minimum atomic E-state index is -0.156. The van der Waals surface area contributed by atoms with E-state index in [9.17, 15) is 10.1 Å². The molecular formula is C18H24N4O2. The van der Waals surface area contributed by atoms with E-state index < -0.39 is 0 Å². The van der Waals surface area contributed by atoms with Gasteiger partial charge in [0.25, 0.3) is 5.91 Å². The van der Waals surface area contributed by atoms with E-state index in [1.165, 1.54) is 7.11 Å². The second-order valence-electron chi connectivity index (χ2n) is 6.78. The van der Waals surface area contributed by atoms with Gasteiger partial charge in [0.05, 0.1) is 18.2 Å². The number of carbonyl (C=O) groups is 1. The number of carbonyl (C=O) groups excluding carboxylic acids is 1. The van der Waals surface area contributed by atoms with Gasteiger partial charge < -0.3 is 10.1 Å². The molecule has 24 heavy (non-hydrogen) atoms. The maximum atomic E-state index is 12.8. The first-order valence-electron chi connectivity index (χ1n) is 8.44. The zero-order chi connectivity index (χ0) is 17.3. The normalized spacial score (nSPS) is 28.8. The molecule has 1 aliphatic carbocycles. The molecule has 1 saturated carbocycles. The maximum absolute atomic E-state index is 12.8. The van der Waals surface area contributed by atoms with Gasteiger partial charge in [0.2, 0.25) is 0 Å². The summed E-state index contributed by atoms with van der Waals surface area (Å²) in [4.78, 5) is 12.8. The second-order valence-corrected chi connectivity index (χ2v) is 6.78. The van der Waals surface area contributed by atoms with Crippen LogP contribution in [-0.4, -0.2) is 31.1 Å². The lowest BCUT2D eigenvalue weighted by atomic mass is 9.79. The Morgan fingerprint density at radius 2 is 2.17 bits per heavy atom. The van der Waals surface area contributed by atoms with Crippen molar-refractivity contribution in [2.45, 2.75) is 51.2 Å². The number of hydrogen-bond donors (Lipinski definition) is 3. The summed E-state index contributed by atoms with van der Waals surface area (Å²) < 4.78 is 5.34. The van der Waals surface area contributed by atoms with Gasteiger partial charge in [-0.2, -0.15) is 5.26 Å². The van der Waals surface area contributed by atoms with Gasteiger partial charge in [-0.25, -0.2) is 0 Å². The fraction of sp³-hybridized carbons (Fsp3) is 0.556. The highest BCUT2D eigenvalue weighted by molar-refractivity contribution is 5.99. The molecule has 1 aliphatic heterocycles. The fourth-order valence-electron chi connectivity index (χ4n) is 3.93. The Morgan fingerprint density at radius 1 is 1.38 bits per heavy atom. The summed E-state index contributed by atoms with van der Waals surface area (Å²) in [7, 11) is 1.50. The zero-order valence-electron chi connectivity index (χ0n) is 14.3. The molecule has 1 aromatic rings. The quantitative estimate of drug-likeness (QED) is 0.785. The van der Waals surface area contributed by atoms with Gasteiger partial charge in [-0.1, -0.05) is 6.07 Å². The summed E-state index contributed by atoms with van der Waals surface area (Å²) in [6.07, 6.45) is 2.95. The van der Waals surface area contributed by atoms with E-state index >= 15 is 0 Å². The highest BCUT2D eigenvalue weighted by Crippen LogP contribution is 2.31. The van der Waals surface area contributed by atoms with Gasteiger partial charge in [-0.05, 0) is 50.7 Å². The summed E-state index contributed by atoms with van der Waals surface area (Å²) >= 11 is 0. The van der Waals surface area contributed by atoms with Crippen LogP contribution in [0.4, 0.5) is 0 Å². The van der Waals surface area contributed by atoms with E-state index in [1.54, 1.807) is 12.1 Å². The van der Waals surface area contributed by atoms with Crippen LogP contribution in [0.2, 0.25) is 0 Å². The first kappa shape index (κ1) is 16.7.